The Morgan fingerprint density at radius 2 is 1.83 bits per heavy atom. The van der Waals surface area contributed by atoms with Crippen LogP contribution in [-0.2, 0) is 32.1 Å². The van der Waals surface area contributed by atoms with Crippen molar-refractivity contribution in [1.82, 2.24) is 15.1 Å². The molecule has 2 aliphatic rings. The van der Waals surface area contributed by atoms with E-state index in [0.717, 1.165) is 10.5 Å². The van der Waals surface area contributed by atoms with Gasteiger partial charge < -0.3 is 9.64 Å². The van der Waals surface area contributed by atoms with Crippen molar-refractivity contribution in [3.05, 3.63) is 70.8 Å². The standard InChI is InChI=1S/C26H27N3O6/c1-28(22(31)16-35-15-17-7-3-2-4-8-17)14-6-10-18-9-5-11-19-23(18)26(34)29(25(19)33)20-12-13-21(30)27-24(20)32/h2-5,7-9,11,20H,6,10,12-16H2,1H3,(H,27,30,32). The van der Waals surface area contributed by atoms with Crippen LogP contribution in [0.2, 0.25) is 0 Å². The van der Waals surface area contributed by atoms with Gasteiger partial charge in [-0.05, 0) is 36.5 Å². The molecular formula is C26H27N3O6. The van der Waals surface area contributed by atoms with E-state index in [1.165, 1.54) is 0 Å². The van der Waals surface area contributed by atoms with Crippen molar-refractivity contribution in [1.29, 1.82) is 0 Å². The fourth-order valence-electron chi connectivity index (χ4n) is 4.37. The number of nitrogens with zero attached hydrogens (tertiary/aromatic N) is 2. The summed E-state index contributed by atoms with van der Waals surface area (Å²) in [6, 6.07) is 13.7. The predicted octanol–water partition coefficient (Wildman–Crippen LogP) is 1.70. The summed E-state index contributed by atoms with van der Waals surface area (Å²) in [5.41, 5.74) is 2.24. The molecule has 0 spiro atoms. The Morgan fingerprint density at radius 3 is 2.57 bits per heavy atom. The number of piperidine rings is 1. The second-order valence-electron chi connectivity index (χ2n) is 8.68. The van der Waals surface area contributed by atoms with Gasteiger partial charge in [-0.3, -0.25) is 34.2 Å². The van der Waals surface area contributed by atoms with Crippen LogP contribution in [0.4, 0.5) is 0 Å². The van der Waals surface area contributed by atoms with Gasteiger partial charge >= 0.3 is 0 Å². The number of hydrogen-bond acceptors (Lipinski definition) is 6. The first kappa shape index (κ1) is 24.3. The molecule has 2 heterocycles. The van der Waals surface area contributed by atoms with Crippen molar-refractivity contribution in [3.8, 4) is 0 Å². The average molecular weight is 478 g/mol. The normalized spacial score (nSPS) is 17.4. The van der Waals surface area contributed by atoms with Crippen LogP contribution in [0.3, 0.4) is 0 Å². The van der Waals surface area contributed by atoms with Gasteiger partial charge in [0.2, 0.25) is 17.7 Å². The molecule has 0 aromatic heterocycles. The van der Waals surface area contributed by atoms with Crippen LogP contribution in [0.15, 0.2) is 48.5 Å². The molecule has 182 valence electrons. The lowest BCUT2D eigenvalue weighted by Gasteiger charge is -2.27. The molecule has 2 aromatic carbocycles. The monoisotopic (exact) mass is 477 g/mol. The molecule has 0 bridgehead atoms. The SMILES string of the molecule is CN(CCCc1cccc2c1C(=O)N(C1CCC(=O)NC1=O)C2=O)C(=O)COCc1ccccc1. The minimum absolute atomic E-state index is 0.0277. The maximum Gasteiger partial charge on any atom is 0.262 e. The summed E-state index contributed by atoms with van der Waals surface area (Å²) in [7, 11) is 1.70. The summed E-state index contributed by atoms with van der Waals surface area (Å²) >= 11 is 0. The van der Waals surface area contributed by atoms with Crippen LogP contribution in [0.25, 0.3) is 0 Å². The molecule has 9 nitrogen and oxygen atoms in total. The molecule has 1 atom stereocenters. The average Bonchev–Trinajstić information content (AvgIpc) is 3.10. The summed E-state index contributed by atoms with van der Waals surface area (Å²) < 4.78 is 5.51. The maximum atomic E-state index is 13.2. The van der Waals surface area contributed by atoms with Gasteiger partial charge in [0.25, 0.3) is 11.8 Å². The molecule has 35 heavy (non-hydrogen) atoms. The van der Waals surface area contributed by atoms with E-state index < -0.39 is 29.7 Å². The first-order valence-corrected chi connectivity index (χ1v) is 11.6. The number of likely N-dealkylation sites (N-methyl/N-ethyl adjacent to an activating group) is 1. The second-order valence-corrected chi connectivity index (χ2v) is 8.68. The number of aryl methyl sites for hydroxylation is 1. The number of fused-ring (bicyclic) bond motifs is 1. The van der Waals surface area contributed by atoms with Crippen molar-refractivity contribution in [2.75, 3.05) is 20.2 Å². The molecule has 1 fully saturated rings. The van der Waals surface area contributed by atoms with Gasteiger partial charge in [0, 0.05) is 20.0 Å². The fourth-order valence-corrected chi connectivity index (χ4v) is 4.37. The number of carbonyl (C=O) groups excluding carboxylic acids is 5. The van der Waals surface area contributed by atoms with Crippen LogP contribution in [0, 0.1) is 0 Å². The van der Waals surface area contributed by atoms with Crippen molar-refractivity contribution >= 4 is 29.5 Å². The molecule has 5 amide bonds. The third kappa shape index (κ3) is 5.30. The van der Waals surface area contributed by atoms with Gasteiger partial charge in [-0.2, -0.15) is 0 Å². The van der Waals surface area contributed by atoms with Gasteiger partial charge in [0.05, 0.1) is 17.7 Å². The van der Waals surface area contributed by atoms with Crippen LogP contribution in [0.1, 0.15) is 51.1 Å². The number of nitrogens with one attached hydrogen (secondary N) is 1. The minimum atomic E-state index is -0.993. The van der Waals surface area contributed by atoms with E-state index in [1.807, 2.05) is 30.3 Å². The van der Waals surface area contributed by atoms with E-state index in [0.29, 0.717) is 37.1 Å². The number of amides is 5. The zero-order chi connectivity index (χ0) is 24.9. The Hall–Kier alpha value is -3.85. The smallest absolute Gasteiger partial charge is 0.262 e. The largest absolute Gasteiger partial charge is 0.367 e. The van der Waals surface area contributed by atoms with Gasteiger partial charge in [-0.1, -0.05) is 42.5 Å². The van der Waals surface area contributed by atoms with Crippen LogP contribution in [0.5, 0.6) is 0 Å². The third-order valence-corrected chi connectivity index (χ3v) is 6.26. The topological polar surface area (TPSA) is 113 Å². The Balaban J connectivity index is 1.33. The molecule has 4 rings (SSSR count). The van der Waals surface area contributed by atoms with E-state index in [9.17, 15) is 24.0 Å². The van der Waals surface area contributed by atoms with Gasteiger partial charge in [-0.15, -0.1) is 0 Å². The zero-order valence-corrected chi connectivity index (χ0v) is 19.5. The molecule has 2 aliphatic heterocycles. The summed E-state index contributed by atoms with van der Waals surface area (Å²) in [6.07, 6.45) is 1.25. The van der Waals surface area contributed by atoms with E-state index in [-0.39, 0.29) is 30.9 Å². The molecule has 0 aliphatic carbocycles. The van der Waals surface area contributed by atoms with E-state index in [4.69, 9.17) is 4.74 Å². The second kappa shape index (κ2) is 10.6. The summed E-state index contributed by atoms with van der Waals surface area (Å²) in [5.74, 6) is -2.23. The summed E-state index contributed by atoms with van der Waals surface area (Å²) in [4.78, 5) is 64.7. The fraction of sp³-hybridized carbons (Fsp3) is 0.346. The Morgan fingerprint density at radius 1 is 1.06 bits per heavy atom. The number of imide groups is 2. The van der Waals surface area contributed by atoms with Crippen molar-refractivity contribution in [2.24, 2.45) is 0 Å². The Labute approximate surface area is 203 Å². The molecule has 9 heteroatoms. The molecule has 0 radical (unpaired) electrons. The van der Waals surface area contributed by atoms with Crippen LogP contribution in [-0.4, -0.2) is 65.6 Å². The predicted molar refractivity (Wildman–Crippen MR) is 125 cm³/mol. The van der Waals surface area contributed by atoms with Gasteiger partial charge in [0.15, 0.2) is 0 Å². The lowest BCUT2D eigenvalue weighted by molar-refractivity contribution is -0.136. The molecular weight excluding hydrogens is 450 g/mol. The van der Waals surface area contributed by atoms with Crippen LogP contribution >= 0.6 is 0 Å². The number of benzene rings is 2. The molecule has 1 unspecified atom stereocenters. The molecule has 1 saturated heterocycles. The summed E-state index contributed by atoms with van der Waals surface area (Å²) in [5, 5.41) is 2.20. The first-order chi connectivity index (χ1) is 16.9. The highest BCUT2D eigenvalue weighted by atomic mass is 16.5. The minimum Gasteiger partial charge on any atom is -0.367 e. The van der Waals surface area contributed by atoms with Crippen LogP contribution < -0.4 is 5.32 Å². The molecule has 0 saturated carbocycles. The van der Waals surface area contributed by atoms with Crippen molar-refractivity contribution < 1.29 is 28.7 Å². The lowest BCUT2D eigenvalue weighted by Crippen LogP contribution is -2.54. The van der Waals surface area contributed by atoms with E-state index in [1.54, 1.807) is 30.1 Å². The number of hydrogen-bond donors (Lipinski definition) is 1. The number of ether oxygens (including phenoxy) is 1. The van der Waals surface area contributed by atoms with E-state index >= 15 is 0 Å². The summed E-state index contributed by atoms with van der Waals surface area (Å²) in [6.45, 7) is 0.784. The highest BCUT2D eigenvalue weighted by Crippen LogP contribution is 2.30. The highest BCUT2D eigenvalue weighted by Gasteiger charge is 2.45. The zero-order valence-electron chi connectivity index (χ0n) is 19.5. The maximum absolute atomic E-state index is 13.2. The number of rotatable bonds is 9. The van der Waals surface area contributed by atoms with Crippen molar-refractivity contribution in [3.63, 3.8) is 0 Å². The highest BCUT2D eigenvalue weighted by molar-refractivity contribution is 6.24. The van der Waals surface area contributed by atoms with Gasteiger partial charge in [-0.25, -0.2) is 0 Å². The third-order valence-electron chi connectivity index (χ3n) is 6.26. The first-order valence-electron chi connectivity index (χ1n) is 11.6. The molecule has 2 aromatic rings. The Kier molecular flexibility index (Phi) is 7.36. The van der Waals surface area contributed by atoms with Crippen molar-refractivity contribution in [2.45, 2.75) is 38.3 Å². The number of carbonyl (C=O) groups is 5. The van der Waals surface area contributed by atoms with Gasteiger partial charge in [0.1, 0.15) is 12.6 Å². The molecule has 1 N–H and O–H groups in total. The van der Waals surface area contributed by atoms with E-state index in [2.05, 4.69) is 5.32 Å². The Bertz CT molecular complexity index is 1160. The lowest BCUT2D eigenvalue weighted by atomic mass is 9.99. The quantitative estimate of drug-likeness (QED) is 0.550.